The molecule has 0 aromatic carbocycles. The first kappa shape index (κ1) is 4.48. The highest BCUT2D eigenvalue weighted by atomic mass is 35.5. The third-order valence-corrected chi connectivity index (χ3v) is 4.98. The van der Waals surface area contributed by atoms with Gasteiger partial charge in [-0.3, -0.25) is 0 Å². The Morgan fingerprint density at radius 1 is 1.56 bits per heavy atom. The van der Waals surface area contributed by atoms with Crippen molar-refractivity contribution >= 4 is 23.9 Å². The average molecular weight is 157 g/mol. The molecule has 9 heavy (non-hydrogen) atoms. The van der Waals surface area contributed by atoms with Crippen molar-refractivity contribution in [2.24, 2.45) is 4.99 Å². The van der Waals surface area contributed by atoms with Crippen molar-refractivity contribution in [2.75, 3.05) is 0 Å². The van der Waals surface area contributed by atoms with E-state index in [9.17, 15) is 4.57 Å². The highest BCUT2D eigenvalue weighted by molar-refractivity contribution is 7.96. The lowest BCUT2D eigenvalue weighted by molar-refractivity contribution is 0.596. The van der Waals surface area contributed by atoms with Crippen LogP contribution in [0.2, 0.25) is 0 Å². The van der Waals surface area contributed by atoms with Gasteiger partial charge in [-0.05, 0) is 0 Å². The number of rotatable bonds is 0. The molecular weight excluding hydrogens is 156 g/mol. The minimum atomic E-state index is -1.96. The van der Waals surface area contributed by atoms with Crippen LogP contribution < -0.4 is 0 Å². The zero-order chi connectivity index (χ0) is 6.22. The van der Waals surface area contributed by atoms with Gasteiger partial charge in [-0.25, -0.2) is 4.99 Å². The van der Waals surface area contributed by atoms with E-state index in [1.165, 1.54) is 0 Å². The van der Waals surface area contributed by atoms with E-state index in [2.05, 4.69) is 4.99 Å². The predicted octanol–water partition coefficient (Wildman–Crippen LogP) is 2.08. The van der Waals surface area contributed by atoms with E-state index in [1.807, 2.05) is 0 Å². The van der Waals surface area contributed by atoms with Gasteiger partial charge in [0.05, 0.1) is 10.6 Å². The van der Waals surface area contributed by atoms with Gasteiger partial charge in [0.25, 0.3) is 0 Å². The van der Waals surface area contributed by atoms with Crippen LogP contribution in [0.15, 0.2) is 27.1 Å². The van der Waals surface area contributed by atoms with Crippen molar-refractivity contribution in [3.63, 3.8) is 0 Å². The van der Waals surface area contributed by atoms with Gasteiger partial charge in [0, 0.05) is 11.5 Å². The fraction of sp³-hybridized carbons (Fsp3) is 0. The van der Waals surface area contributed by atoms with Crippen molar-refractivity contribution in [3.05, 3.63) is 22.1 Å². The molecule has 1 atom stereocenters. The number of allylic oxidation sites excluding steroid dienone is 3. The molecule has 0 spiro atoms. The van der Waals surface area contributed by atoms with Gasteiger partial charge in [-0.2, -0.15) is 0 Å². The van der Waals surface area contributed by atoms with E-state index in [1.54, 1.807) is 6.20 Å². The molecule has 44 valence electrons. The topological polar surface area (TPSA) is 29.4 Å². The van der Waals surface area contributed by atoms with Crippen LogP contribution >= 0.6 is 18.7 Å². The number of fused-ring (bicyclic) bond motifs is 1. The van der Waals surface area contributed by atoms with Crippen molar-refractivity contribution in [3.8, 4) is 0 Å². The lowest BCUT2D eigenvalue weighted by atomic mass is 10.4. The molecule has 0 N–H and O–H groups in total. The van der Waals surface area contributed by atoms with E-state index in [0.717, 1.165) is 15.9 Å². The van der Waals surface area contributed by atoms with Gasteiger partial charge in [0.1, 0.15) is 5.17 Å². The van der Waals surface area contributed by atoms with E-state index in [4.69, 9.17) is 11.6 Å². The highest BCUT2D eigenvalue weighted by Crippen LogP contribution is 3.02. The molecule has 1 unspecified atom stereocenters. The number of hydrogen-bond acceptors (Lipinski definition) is 2. The third kappa shape index (κ3) is 0.262. The van der Waals surface area contributed by atoms with Crippen LogP contribution in [-0.4, -0.2) is 5.17 Å². The van der Waals surface area contributed by atoms with E-state index in [-0.39, 0.29) is 0 Å². The minimum absolute atomic E-state index is 0.448. The largest absolute Gasteiger partial charge is 0.308 e. The summed E-state index contributed by atoms with van der Waals surface area (Å²) in [6.07, 6.45) is 1.62. The smallest absolute Gasteiger partial charge is 0.178 e. The van der Waals surface area contributed by atoms with Crippen LogP contribution in [0.5, 0.6) is 0 Å². The first-order chi connectivity index (χ1) is 4.26. The predicted molar refractivity (Wildman–Crippen MR) is 36.0 cm³/mol. The maximum atomic E-state index is 11.2. The number of hydrogen-bond donors (Lipinski definition) is 0. The summed E-state index contributed by atoms with van der Waals surface area (Å²) in [5.41, 5.74) is 0. The molecule has 4 heteroatoms. The first-order valence-corrected chi connectivity index (χ1v) is 4.65. The van der Waals surface area contributed by atoms with Crippen molar-refractivity contribution < 1.29 is 4.57 Å². The summed E-state index contributed by atoms with van der Waals surface area (Å²) in [5.74, 6) is 0. The summed E-state index contributed by atoms with van der Waals surface area (Å²) in [7, 11) is -1.96. The van der Waals surface area contributed by atoms with E-state index in [0.29, 0.717) is 5.17 Å². The van der Waals surface area contributed by atoms with Gasteiger partial charge in [0.15, 0.2) is 7.14 Å². The van der Waals surface area contributed by atoms with Crippen LogP contribution in [-0.2, 0) is 4.57 Å². The Balaban J connectivity index is 2.44. The van der Waals surface area contributed by atoms with Crippen molar-refractivity contribution in [1.29, 1.82) is 0 Å². The zero-order valence-corrected chi connectivity index (χ0v) is 5.91. The van der Waals surface area contributed by atoms with Crippen molar-refractivity contribution in [2.45, 2.75) is 0 Å². The van der Waals surface area contributed by atoms with Gasteiger partial charge in [0.2, 0.25) is 0 Å². The number of aliphatic imine (C=N–C) groups is 1. The first-order valence-electron chi connectivity index (χ1n) is 2.56. The maximum Gasteiger partial charge on any atom is 0.178 e. The second-order valence-corrected chi connectivity index (χ2v) is 5.19. The zero-order valence-electron chi connectivity index (χ0n) is 4.26. The summed E-state index contributed by atoms with van der Waals surface area (Å²) in [4.78, 5) is 3.82. The molecule has 0 aromatic rings. The van der Waals surface area contributed by atoms with Crippen molar-refractivity contribution in [1.82, 2.24) is 0 Å². The molecule has 1 saturated heterocycles. The molecule has 0 aliphatic carbocycles. The van der Waals surface area contributed by atoms with Gasteiger partial charge < -0.3 is 4.57 Å². The minimum Gasteiger partial charge on any atom is -0.308 e. The van der Waals surface area contributed by atoms with Crippen LogP contribution in [0.1, 0.15) is 0 Å². The molecule has 0 radical (unpaired) electrons. The fourth-order valence-electron chi connectivity index (χ4n) is 1.22. The molecule has 3 rings (SSSR count). The summed E-state index contributed by atoms with van der Waals surface area (Å²) < 4.78 is 11.2. The summed E-state index contributed by atoms with van der Waals surface area (Å²) in [6.45, 7) is 0. The van der Waals surface area contributed by atoms with Crippen LogP contribution in [0.3, 0.4) is 0 Å². The summed E-state index contributed by atoms with van der Waals surface area (Å²) >= 11 is 5.59. The Bertz CT molecular complexity index is 376. The second kappa shape index (κ2) is 0.882. The molecule has 3 aliphatic rings. The monoisotopic (exact) mass is 157 g/mol. The molecular formula is C5HClNOP. The Morgan fingerprint density at radius 3 is 2.56 bits per heavy atom. The highest BCUT2D eigenvalue weighted by Gasteiger charge is 2.73. The third-order valence-electron chi connectivity index (χ3n) is 1.83. The van der Waals surface area contributed by atoms with Gasteiger partial charge in [-0.15, -0.1) is 0 Å². The lowest BCUT2D eigenvalue weighted by Crippen LogP contribution is -1.88. The molecule has 1 fully saturated rings. The Labute approximate surface area is 56.3 Å². The Kier molecular flexibility index (Phi) is 0.439. The van der Waals surface area contributed by atoms with Crippen LogP contribution in [0.25, 0.3) is 0 Å². The quantitative estimate of drug-likeness (QED) is 0.495. The Hall–Kier alpha value is -0.330. The van der Waals surface area contributed by atoms with Gasteiger partial charge >= 0.3 is 0 Å². The molecule has 0 amide bonds. The van der Waals surface area contributed by atoms with Gasteiger partial charge in [-0.1, -0.05) is 11.6 Å². The molecule has 0 bridgehead atoms. The Morgan fingerprint density at radius 2 is 2.22 bits per heavy atom. The van der Waals surface area contributed by atoms with E-state index < -0.39 is 7.14 Å². The van der Waals surface area contributed by atoms with E-state index >= 15 is 0 Å². The summed E-state index contributed by atoms with van der Waals surface area (Å²) in [5, 5.41) is 3.27. The second-order valence-electron chi connectivity index (χ2n) is 2.24. The molecule has 0 aromatic heterocycles. The number of nitrogens with zero attached hydrogens (tertiary/aromatic N) is 1. The summed E-state index contributed by atoms with van der Waals surface area (Å²) in [6, 6.07) is 0. The number of halogens is 1. The fourth-order valence-corrected chi connectivity index (χ4v) is 4.29. The normalized spacial score (nSPS) is 41.4. The molecule has 3 aliphatic heterocycles. The standard InChI is InChI=1S/C5HClNOP/c6-5-4-3-2(1-7-5)9(3,4)8/h1H. The molecule has 2 nitrogen and oxygen atoms in total. The average Bonchev–Trinajstić information content (AvgIpc) is 2.57. The molecule has 0 saturated carbocycles. The molecule has 3 heterocycles. The van der Waals surface area contributed by atoms with Crippen LogP contribution in [0, 0.1) is 0 Å². The van der Waals surface area contributed by atoms with Crippen LogP contribution in [0.4, 0.5) is 0 Å². The lowest BCUT2D eigenvalue weighted by Gasteiger charge is -1.96. The maximum absolute atomic E-state index is 11.2. The SMILES string of the molecule is O=P12c3cnc(Cl)c1c32.